The first kappa shape index (κ1) is 10.7. The van der Waals surface area contributed by atoms with Gasteiger partial charge in [-0.05, 0) is 26.2 Å². The minimum atomic E-state index is 0.637. The van der Waals surface area contributed by atoms with Crippen LogP contribution >= 0.6 is 0 Å². The molecule has 15 heavy (non-hydrogen) atoms. The summed E-state index contributed by atoms with van der Waals surface area (Å²) >= 11 is 0. The van der Waals surface area contributed by atoms with Crippen molar-refractivity contribution in [1.29, 1.82) is 0 Å². The standard InChI is InChI=1S/C12H21N3/c1-3-15-9-13-7-12(15)8-14-10(2)6-11-4-5-11/h7,9-11,14H,3-6,8H2,1-2H3. The molecule has 3 heteroatoms. The van der Waals surface area contributed by atoms with Gasteiger partial charge in [-0.1, -0.05) is 12.8 Å². The molecule has 1 N–H and O–H groups in total. The van der Waals surface area contributed by atoms with E-state index in [-0.39, 0.29) is 0 Å². The highest BCUT2D eigenvalue weighted by Gasteiger charge is 2.23. The quantitative estimate of drug-likeness (QED) is 0.775. The smallest absolute Gasteiger partial charge is 0.0948 e. The molecular formula is C12H21N3. The molecule has 0 amide bonds. The number of aromatic nitrogens is 2. The van der Waals surface area contributed by atoms with Gasteiger partial charge in [0.2, 0.25) is 0 Å². The molecule has 0 aliphatic heterocycles. The minimum absolute atomic E-state index is 0.637. The van der Waals surface area contributed by atoms with E-state index in [2.05, 4.69) is 28.7 Å². The Labute approximate surface area is 91.9 Å². The topological polar surface area (TPSA) is 29.9 Å². The van der Waals surface area contributed by atoms with Gasteiger partial charge in [0.1, 0.15) is 0 Å². The minimum Gasteiger partial charge on any atom is -0.334 e. The molecule has 2 rings (SSSR count). The van der Waals surface area contributed by atoms with Crippen LogP contribution in [0.15, 0.2) is 12.5 Å². The Hall–Kier alpha value is -0.830. The number of aryl methyl sites for hydroxylation is 1. The average Bonchev–Trinajstić information content (AvgIpc) is 2.92. The number of hydrogen-bond donors (Lipinski definition) is 1. The first-order valence-corrected chi connectivity index (χ1v) is 6.02. The van der Waals surface area contributed by atoms with Gasteiger partial charge in [0.25, 0.3) is 0 Å². The fourth-order valence-corrected chi connectivity index (χ4v) is 2.00. The summed E-state index contributed by atoms with van der Waals surface area (Å²) in [5, 5.41) is 3.57. The van der Waals surface area contributed by atoms with Crippen molar-refractivity contribution in [3.05, 3.63) is 18.2 Å². The largest absolute Gasteiger partial charge is 0.334 e. The highest BCUT2D eigenvalue weighted by molar-refractivity contribution is 4.98. The summed E-state index contributed by atoms with van der Waals surface area (Å²) in [4.78, 5) is 4.17. The van der Waals surface area contributed by atoms with E-state index < -0.39 is 0 Å². The predicted octanol–water partition coefficient (Wildman–Crippen LogP) is 2.18. The second kappa shape index (κ2) is 4.79. The lowest BCUT2D eigenvalue weighted by atomic mass is 10.1. The molecule has 1 heterocycles. The highest BCUT2D eigenvalue weighted by atomic mass is 15.1. The number of imidazole rings is 1. The van der Waals surface area contributed by atoms with E-state index in [4.69, 9.17) is 0 Å². The summed E-state index contributed by atoms with van der Waals surface area (Å²) in [7, 11) is 0. The van der Waals surface area contributed by atoms with E-state index in [1.54, 1.807) is 0 Å². The molecule has 0 spiro atoms. The molecule has 3 nitrogen and oxygen atoms in total. The van der Waals surface area contributed by atoms with Crippen LogP contribution in [0.25, 0.3) is 0 Å². The summed E-state index contributed by atoms with van der Waals surface area (Å²) in [5.41, 5.74) is 1.29. The molecule has 1 aliphatic rings. The first-order chi connectivity index (χ1) is 7.29. The van der Waals surface area contributed by atoms with Gasteiger partial charge in [0, 0.05) is 25.3 Å². The van der Waals surface area contributed by atoms with Gasteiger partial charge in [-0.2, -0.15) is 0 Å². The van der Waals surface area contributed by atoms with E-state index >= 15 is 0 Å². The molecule has 1 aliphatic carbocycles. The SMILES string of the molecule is CCn1cncc1CNC(C)CC1CC1. The van der Waals surface area contributed by atoms with Crippen molar-refractivity contribution in [1.82, 2.24) is 14.9 Å². The van der Waals surface area contributed by atoms with Crippen LogP contribution in [-0.4, -0.2) is 15.6 Å². The number of hydrogen-bond acceptors (Lipinski definition) is 2. The Morgan fingerprint density at radius 3 is 3.07 bits per heavy atom. The average molecular weight is 207 g/mol. The van der Waals surface area contributed by atoms with Crippen molar-refractivity contribution in [3.8, 4) is 0 Å². The van der Waals surface area contributed by atoms with Crippen molar-refractivity contribution in [2.24, 2.45) is 5.92 Å². The molecule has 1 atom stereocenters. The predicted molar refractivity (Wildman–Crippen MR) is 61.5 cm³/mol. The van der Waals surface area contributed by atoms with Crippen LogP contribution in [0.4, 0.5) is 0 Å². The summed E-state index contributed by atoms with van der Waals surface area (Å²) in [6.45, 7) is 6.39. The van der Waals surface area contributed by atoms with Gasteiger partial charge in [-0.25, -0.2) is 4.98 Å². The number of nitrogens with zero attached hydrogens (tertiary/aromatic N) is 2. The summed E-state index contributed by atoms with van der Waals surface area (Å²) < 4.78 is 2.19. The van der Waals surface area contributed by atoms with E-state index in [1.807, 2.05) is 12.5 Å². The normalized spacial score (nSPS) is 18.0. The van der Waals surface area contributed by atoms with Crippen LogP contribution in [0.5, 0.6) is 0 Å². The zero-order valence-electron chi connectivity index (χ0n) is 9.74. The molecule has 0 aromatic carbocycles. The maximum absolute atomic E-state index is 4.17. The monoisotopic (exact) mass is 207 g/mol. The Kier molecular flexibility index (Phi) is 3.41. The Morgan fingerprint density at radius 1 is 1.60 bits per heavy atom. The Bertz CT molecular complexity index is 302. The van der Waals surface area contributed by atoms with Crippen LogP contribution in [0.2, 0.25) is 0 Å². The van der Waals surface area contributed by atoms with Crippen LogP contribution in [-0.2, 0) is 13.1 Å². The Balaban J connectivity index is 1.76. The molecule has 1 aromatic rings. The maximum atomic E-state index is 4.17. The van der Waals surface area contributed by atoms with Gasteiger partial charge in [0.15, 0.2) is 0 Å². The number of nitrogens with one attached hydrogen (secondary N) is 1. The zero-order valence-corrected chi connectivity index (χ0v) is 9.74. The maximum Gasteiger partial charge on any atom is 0.0948 e. The van der Waals surface area contributed by atoms with Crippen molar-refractivity contribution in [2.75, 3.05) is 0 Å². The molecule has 0 saturated heterocycles. The van der Waals surface area contributed by atoms with Gasteiger partial charge in [-0.3, -0.25) is 0 Å². The fraction of sp³-hybridized carbons (Fsp3) is 0.750. The van der Waals surface area contributed by atoms with Gasteiger partial charge in [-0.15, -0.1) is 0 Å². The highest BCUT2D eigenvalue weighted by Crippen LogP contribution is 2.33. The Morgan fingerprint density at radius 2 is 2.40 bits per heavy atom. The third-order valence-electron chi connectivity index (χ3n) is 3.15. The third kappa shape index (κ3) is 3.06. The van der Waals surface area contributed by atoms with Crippen molar-refractivity contribution >= 4 is 0 Å². The molecule has 1 saturated carbocycles. The van der Waals surface area contributed by atoms with Crippen LogP contribution in [0.1, 0.15) is 38.8 Å². The van der Waals surface area contributed by atoms with Gasteiger partial charge < -0.3 is 9.88 Å². The van der Waals surface area contributed by atoms with Crippen molar-refractivity contribution < 1.29 is 0 Å². The summed E-state index contributed by atoms with van der Waals surface area (Å²) in [6, 6.07) is 0.637. The van der Waals surface area contributed by atoms with Crippen molar-refractivity contribution in [2.45, 2.75) is 52.2 Å². The second-order valence-corrected chi connectivity index (χ2v) is 4.63. The summed E-state index contributed by atoms with van der Waals surface area (Å²) in [5.74, 6) is 1.00. The molecule has 1 fully saturated rings. The van der Waals surface area contributed by atoms with Gasteiger partial charge >= 0.3 is 0 Å². The van der Waals surface area contributed by atoms with Crippen LogP contribution < -0.4 is 5.32 Å². The lowest BCUT2D eigenvalue weighted by Gasteiger charge is -2.13. The molecule has 1 unspecified atom stereocenters. The molecule has 84 valence electrons. The van der Waals surface area contributed by atoms with Crippen LogP contribution in [0.3, 0.4) is 0 Å². The second-order valence-electron chi connectivity index (χ2n) is 4.63. The first-order valence-electron chi connectivity index (χ1n) is 6.02. The molecule has 0 bridgehead atoms. The van der Waals surface area contributed by atoms with Crippen molar-refractivity contribution in [3.63, 3.8) is 0 Å². The van der Waals surface area contributed by atoms with E-state index in [0.29, 0.717) is 6.04 Å². The lowest BCUT2D eigenvalue weighted by molar-refractivity contribution is 0.477. The third-order valence-corrected chi connectivity index (χ3v) is 3.15. The number of rotatable bonds is 6. The van der Waals surface area contributed by atoms with Gasteiger partial charge in [0.05, 0.1) is 12.0 Å². The van der Waals surface area contributed by atoms with Crippen LogP contribution in [0, 0.1) is 5.92 Å². The van der Waals surface area contributed by atoms with E-state index in [0.717, 1.165) is 19.0 Å². The van der Waals surface area contributed by atoms with E-state index in [1.165, 1.54) is 25.0 Å². The van der Waals surface area contributed by atoms with E-state index in [9.17, 15) is 0 Å². The summed E-state index contributed by atoms with van der Waals surface area (Å²) in [6.07, 6.45) is 8.08. The zero-order chi connectivity index (χ0) is 10.7. The molecular weight excluding hydrogens is 186 g/mol. The lowest BCUT2D eigenvalue weighted by Crippen LogP contribution is -2.26. The molecule has 0 radical (unpaired) electrons. The fourth-order valence-electron chi connectivity index (χ4n) is 2.00. The molecule has 1 aromatic heterocycles.